The molecule has 1 amide bonds. The SMILES string of the molecule is CC(C)=O.CC(C)=O.CC(C)=O.CNC(=O)C(C)=O. The Hall–Kier alpha value is -1.85. The molecule has 0 atom stereocenters. The zero-order valence-corrected chi connectivity index (χ0v) is 13.0. The predicted octanol–water partition coefficient (Wildman–Crippen LogP) is 1.11. The summed E-state index contributed by atoms with van der Waals surface area (Å²) in [4.78, 5) is 48.3. The van der Waals surface area contributed by atoms with Crippen molar-refractivity contribution in [3.63, 3.8) is 0 Å². The van der Waals surface area contributed by atoms with Crippen LogP contribution < -0.4 is 5.32 Å². The van der Waals surface area contributed by atoms with Crippen molar-refractivity contribution in [1.82, 2.24) is 5.32 Å². The first kappa shape index (κ1) is 25.9. The van der Waals surface area contributed by atoms with E-state index >= 15 is 0 Å². The molecule has 0 aliphatic carbocycles. The van der Waals surface area contributed by atoms with Crippen molar-refractivity contribution in [3.8, 4) is 0 Å². The summed E-state index contributed by atoms with van der Waals surface area (Å²) in [7, 11) is 1.42. The Bertz CT molecular complexity index is 268. The lowest BCUT2D eigenvalue weighted by molar-refractivity contribution is -0.136. The summed E-state index contributed by atoms with van der Waals surface area (Å²) in [5, 5.41) is 2.18. The standard InChI is InChI=1S/C4H7NO2.3C3H6O/c1-3(6)4(7)5-2;3*1-3(2)4/h1-2H3,(H,5,7);3*1-2H3. The van der Waals surface area contributed by atoms with E-state index in [2.05, 4.69) is 5.32 Å². The van der Waals surface area contributed by atoms with Gasteiger partial charge in [-0.25, -0.2) is 0 Å². The Morgan fingerprint density at radius 2 is 0.737 bits per heavy atom. The van der Waals surface area contributed by atoms with Gasteiger partial charge in [0.05, 0.1) is 0 Å². The van der Waals surface area contributed by atoms with E-state index in [4.69, 9.17) is 0 Å². The zero-order chi connectivity index (χ0) is 16.6. The summed E-state index contributed by atoms with van der Waals surface area (Å²) in [6.07, 6.45) is 0. The van der Waals surface area contributed by atoms with Crippen LogP contribution >= 0.6 is 0 Å². The first-order chi connectivity index (χ1) is 8.38. The number of likely N-dealkylation sites (N-methyl/N-ethyl adjacent to an activating group) is 1. The minimum atomic E-state index is -0.542. The molecule has 0 unspecified atom stereocenters. The summed E-state index contributed by atoms with van der Waals surface area (Å²) >= 11 is 0. The Kier molecular flexibility index (Phi) is 25.2. The highest BCUT2D eigenvalue weighted by atomic mass is 16.2. The van der Waals surface area contributed by atoms with Crippen LogP contribution in [0.2, 0.25) is 0 Å². The number of carbonyl (C=O) groups excluding carboxylic acids is 5. The van der Waals surface area contributed by atoms with Crippen LogP contribution in [0.4, 0.5) is 0 Å². The van der Waals surface area contributed by atoms with Crippen molar-refractivity contribution < 1.29 is 24.0 Å². The third kappa shape index (κ3) is 188. The molecule has 112 valence electrons. The first-order valence-electron chi connectivity index (χ1n) is 5.52. The molecule has 0 aliphatic rings. The van der Waals surface area contributed by atoms with Gasteiger partial charge in [0.1, 0.15) is 17.3 Å². The Morgan fingerprint density at radius 1 is 0.579 bits per heavy atom. The molecule has 0 radical (unpaired) electrons. The Morgan fingerprint density at radius 3 is 0.737 bits per heavy atom. The number of nitrogens with one attached hydrogen (secondary N) is 1. The monoisotopic (exact) mass is 275 g/mol. The van der Waals surface area contributed by atoms with Crippen LogP contribution in [-0.4, -0.2) is 36.1 Å². The molecule has 0 aromatic rings. The summed E-state index contributed by atoms with van der Waals surface area (Å²) in [6.45, 7) is 10.4. The molecule has 0 rings (SSSR count). The fraction of sp³-hybridized carbons (Fsp3) is 0.615. The number of amides is 1. The molecule has 1 N–H and O–H groups in total. The van der Waals surface area contributed by atoms with Crippen LogP contribution in [0.15, 0.2) is 0 Å². The maximum atomic E-state index is 10.1. The van der Waals surface area contributed by atoms with Gasteiger partial charge in [-0.3, -0.25) is 9.59 Å². The molecule has 0 aromatic carbocycles. The predicted molar refractivity (Wildman–Crippen MR) is 73.8 cm³/mol. The molecule has 0 aromatic heterocycles. The van der Waals surface area contributed by atoms with Crippen LogP contribution in [0.25, 0.3) is 0 Å². The van der Waals surface area contributed by atoms with Crippen LogP contribution in [0, 0.1) is 0 Å². The second kappa shape index (κ2) is 18.5. The lowest BCUT2D eigenvalue weighted by Gasteiger charge is -1.86. The third-order valence-corrected chi connectivity index (χ3v) is 0.547. The first-order valence-corrected chi connectivity index (χ1v) is 5.52. The molecule has 0 saturated heterocycles. The van der Waals surface area contributed by atoms with Crippen molar-refractivity contribution in [1.29, 1.82) is 0 Å². The minimum Gasteiger partial charge on any atom is -0.353 e. The average Bonchev–Trinajstić information content (AvgIpc) is 2.13. The Balaban J connectivity index is -0.0000000825. The van der Waals surface area contributed by atoms with E-state index in [0.29, 0.717) is 0 Å². The molecule has 0 saturated carbocycles. The highest BCUT2D eigenvalue weighted by molar-refractivity contribution is 6.35. The van der Waals surface area contributed by atoms with Gasteiger partial charge in [0, 0.05) is 14.0 Å². The number of hydrogen-bond donors (Lipinski definition) is 1. The highest BCUT2D eigenvalue weighted by Gasteiger charge is 2.00. The molecule has 19 heavy (non-hydrogen) atoms. The van der Waals surface area contributed by atoms with Crippen molar-refractivity contribution in [3.05, 3.63) is 0 Å². The van der Waals surface area contributed by atoms with Gasteiger partial charge >= 0.3 is 0 Å². The lowest BCUT2D eigenvalue weighted by atomic mass is 10.4. The van der Waals surface area contributed by atoms with Gasteiger partial charge in [-0.1, -0.05) is 0 Å². The van der Waals surface area contributed by atoms with E-state index in [9.17, 15) is 24.0 Å². The van der Waals surface area contributed by atoms with Gasteiger partial charge in [0.15, 0.2) is 0 Å². The van der Waals surface area contributed by atoms with Crippen LogP contribution in [0.5, 0.6) is 0 Å². The lowest BCUT2D eigenvalue weighted by Crippen LogP contribution is -2.24. The summed E-state index contributed by atoms with van der Waals surface area (Å²) in [5.41, 5.74) is 0. The highest BCUT2D eigenvalue weighted by Crippen LogP contribution is 1.63. The van der Waals surface area contributed by atoms with Crippen molar-refractivity contribution >= 4 is 29.0 Å². The van der Waals surface area contributed by atoms with Crippen molar-refractivity contribution in [2.45, 2.75) is 48.5 Å². The van der Waals surface area contributed by atoms with E-state index in [-0.39, 0.29) is 17.3 Å². The van der Waals surface area contributed by atoms with Crippen LogP contribution in [0.3, 0.4) is 0 Å². The maximum absolute atomic E-state index is 10.1. The van der Waals surface area contributed by atoms with E-state index in [1.54, 1.807) is 0 Å². The van der Waals surface area contributed by atoms with Crippen LogP contribution in [-0.2, 0) is 24.0 Å². The molecule has 0 spiro atoms. The molecule has 6 heteroatoms. The number of Topliss-reactive ketones (excluding diaryl/α,β-unsaturated/α-hetero) is 4. The fourth-order valence-electron chi connectivity index (χ4n) is 0.176. The number of rotatable bonds is 1. The van der Waals surface area contributed by atoms with Gasteiger partial charge in [-0.05, 0) is 41.5 Å². The summed E-state index contributed by atoms with van der Waals surface area (Å²) in [6, 6.07) is 0. The normalized spacial score (nSPS) is 6.95. The molecular formula is C13H25NO5. The summed E-state index contributed by atoms with van der Waals surface area (Å²) < 4.78 is 0. The average molecular weight is 275 g/mol. The quantitative estimate of drug-likeness (QED) is 0.723. The Labute approximate surface area is 114 Å². The van der Waals surface area contributed by atoms with Gasteiger partial charge < -0.3 is 19.7 Å². The largest absolute Gasteiger partial charge is 0.353 e. The van der Waals surface area contributed by atoms with Gasteiger partial charge in [0.2, 0.25) is 5.78 Å². The van der Waals surface area contributed by atoms with E-state index in [1.165, 1.54) is 55.5 Å². The molecule has 0 fully saturated rings. The van der Waals surface area contributed by atoms with Crippen molar-refractivity contribution in [2.75, 3.05) is 7.05 Å². The fourth-order valence-corrected chi connectivity index (χ4v) is 0.176. The van der Waals surface area contributed by atoms with E-state index in [1.807, 2.05) is 0 Å². The second-order valence-corrected chi connectivity index (χ2v) is 3.86. The van der Waals surface area contributed by atoms with Gasteiger partial charge in [-0.15, -0.1) is 0 Å². The molecule has 0 bridgehead atoms. The number of ketones is 4. The van der Waals surface area contributed by atoms with Gasteiger partial charge in [0.25, 0.3) is 5.91 Å². The molecule has 0 aliphatic heterocycles. The molecular weight excluding hydrogens is 250 g/mol. The maximum Gasteiger partial charge on any atom is 0.286 e. The van der Waals surface area contributed by atoms with Crippen molar-refractivity contribution in [2.24, 2.45) is 0 Å². The number of hydrogen-bond acceptors (Lipinski definition) is 5. The topological polar surface area (TPSA) is 97.4 Å². The molecule has 0 heterocycles. The molecule has 6 nitrogen and oxygen atoms in total. The third-order valence-electron chi connectivity index (χ3n) is 0.547. The van der Waals surface area contributed by atoms with Crippen LogP contribution in [0.1, 0.15) is 48.5 Å². The van der Waals surface area contributed by atoms with E-state index in [0.717, 1.165) is 0 Å². The minimum absolute atomic E-state index is 0.167. The van der Waals surface area contributed by atoms with E-state index < -0.39 is 11.7 Å². The van der Waals surface area contributed by atoms with Gasteiger partial charge in [-0.2, -0.15) is 0 Å². The smallest absolute Gasteiger partial charge is 0.286 e. The summed E-state index contributed by atoms with van der Waals surface area (Å²) in [5.74, 6) is -0.498. The number of carbonyl (C=O) groups is 5. The zero-order valence-electron chi connectivity index (χ0n) is 13.0. The second-order valence-electron chi connectivity index (χ2n) is 3.86.